The molecule has 0 amide bonds. The number of hydrogen-bond donors (Lipinski definition) is 0. The second-order valence-electron chi connectivity index (χ2n) is 15.8. The van der Waals surface area contributed by atoms with Gasteiger partial charge in [-0.3, -0.25) is 0 Å². The molecule has 0 saturated heterocycles. The van der Waals surface area contributed by atoms with Crippen molar-refractivity contribution in [2.45, 2.75) is 6.92 Å². The van der Waals surface area contributed by atoms with E-state index >= 15 is 0 Å². The first-order chi connectivity index (χ1) is 30.0. The van der Waals surface area contributed by atoms with E-state index in [9.17, 15) is 8.78 Å². The number of para-hydroxylation sites is 4. The van der Waals surface area contributed by atoms with E-state index in [-0.39, 0.29) is 11.6 Å². The zero-order valence-corrected chi connectivity index (χ0v) is 33.1. The Morgan fingerprint density at radius 3 is 1.49 bits per heavy atom. The molecule has 0 saturated carbocycles. The van der Waals surface area contributed by atoms with Gasteiger partial charge in [0.1, 0.15) is 11.6 Å². The van der Waals surface area contributed by atoms with Crippen LogP contribution in [0.2, 0.25) is 0 Å². The molecular formula is C55H36F2N4. The fraction of sp³-hybridized carbons (Fsp3) is 0.0182. The first-order valence-corrected chi connectivity index (χ1v) is 20.5. The highest BCUT2D eigenvalue weighted by molar-refractivity contribution is 6.26. The Labute approximate surface area is 350 Å². The molecule has 0 fully saturated rings. The van der Waals surface area contributed by atoms with E-state index in [1.165, 1.54) is 28.4 Å². The van der Waals surface area contributed by atoms with Gasteiger partial charge >= 0.3 is 0 Å². The highest BCUT2D eigenvalue weighted by Crippen LogP contribution is 2.45. The van der Waals surface area contributed by atoms with Crippen molar-refractivity contribution in [2.24, 2.45) is 0 Å². The van der Waals surface area contributed by atoms with Crippen LogP contribution in [0.5, 0.6) is 0 Å². The van der Waals surface area contributed by atoms with E-state index < -0.39 is 0 Å². The van der Waals surface area contributed by atoms with E-state index in [1.807, 2.05) is 48.5 Å². The van der Waals surface area contributed by atoms with Crippen LogP contribution in [0.4, 0.5) is 42.9 Å². The molecule has 0 atom stereocenters. The normalized spacial score (nSPS) is 11.9. The molecule has 4 nitrogen and oxygen atoms in total. The van der Waals surface area contributed by atoms with Crippen LogP contribution in [0.15, 0.2) is 200 Å². The number of halogens is 2. The number of benzene rings is 9. The average Bonchev–Trinajstić information content (AvgIpc) is 3.92. The standard InChI is InChI=1S/C55H36F2N4/c1-35-25-26-42(58(38-15-4-2-5-16-38)40-19-10-13-36(56)29-40)31-51(35)60-50-24-9-8-21-44(50)48-33-54-49(34-53(48)60)47-23-12-22-46-45-28-27-43(32-52(45)61(54)55(46)47)59(39-17-6-3-7-18-39)41-20-11-14-37(57)30-41/h2-34H,1H3. The third kappa shape index (κ3) is 5.42. The van der Waals surface area contributed by atoms with Crippen LogP contribution in [0.25, 0.3) is 65.6 Å². The molecule has 3 heterocycles. The summed E-state index contributed by atoms with van der Waals surface area (Å²) in [5.41, 5.74) is 13.0. The molecule has 0 radical (unpaired) electrons. The van der Waals surface area contributed by atoms with E-state index in [2.05, 4.69) is 141 Å². The highest BCUT2D eigenvalue weighted by Gasteiger charge is 2.23. The molecule has 0 spiro atoms. The van der Waals surface area contributed by atoms with Gasteiger partial charge in [-0.1, -0.05) is 97.1 Å². The van der Waals surface area contributed by atoms with Gasteiger partial charge in [-0.2, -0.15) is 0 Å². The van der Waals surface area contributed by atoms with E-state index in [4.69, 9.17) is 0 Å². The minimum atomic E-state index is -0.286. The van der Waals surface area contributed by atoms with Gasteiger partial charge in [-0.25, -0.2) is 8.78 Å². The molecule has 3 aromatic heterocycles. The first-order valence-electron chi connectivity index (χ1n) is 20.5. The second kappa shape index (κ2) is 13.5. The molecule has 0 aliphatic rings. The van der Waals surface area contributed by atoms with Crippen molar-refractivity contribution in [3.8, 4) is 5.69 Å². The Kier molecular flexibility index (Phi) is 7.78. The Morgan fingerprint density at radius 2 is 0.820 bits per heavy atom. The van der Waals surface area contributed by atoms with Crippen LogP contribution in [0, 0.1) is 18.6 Å². The van der Waals surface area contributed by atoms with Crippen molar-refractivity contribution in [3.63, 3.8) is 0 Å². The maximum absolute atomic E-state index is 14.8. The predicted molar refractivity (Wildman–Crippen MR) is 249 cm³/mol. The van der Waals surface area contributed by atoms with E-state index in [0.29, 0.717) is 0 Å². The maximum atomic E-state index is 14.8. The molecule has 6 heteroatoms. The van der Waals surface area contributed by atoms with Gasteiger partial charge in [0, 0.05) is 66.4 Å². The van der Waals surface area contributed by atoms with Gasteiger partial charge < -0.3 is 18.8 Å². The first kappa shape index (κ1) is 35.0. The van der Waals surface area contributed by atoms with Gasteiger partial charge in [0.25, 0.3) is 0 Å². The molecule has 0 bridgehead atoms. The molecule has 12 aromatic rings. The molecule has 61 heavy (non-hydrogen) atoms. The molecule has 12 rings (SSSR count). The van der Waals surface area contributed by atoms with Crippen LogP contribution in [0.1, 0.15) is 5.56 Å². The zero-order valence-electron chi connectivity index (χ0n) is 33.1. The van der Waals surface area contributed by atoms with Crippen LogP contribution < -0.4 is 9.80 Å². The van der Waals surface area contributed by atoms with E-state index in [0.717, 1.165) is 89.0 Å². The zero-order chi connectivity index (χ0) is 40.8. The Hall–Kier alpha value is -7.96. The minimum Gasteiger partial charge on any atom is -0.310 e. The lowest BCUT2D eigenvalue weighted by molar-refractivity contribution is 0.627. The van der Waals surface area contributed by atoms with Gasteiger partial charge in [-0.05, 0) is 116 Å². The van der Waals surface area contributed by atoms with E-state index in [1.54, 1.807) is 24.3 Å². The van der Waals surface area contributed by atoms with Gasteiger partial charge in [-0.15, -0.1) is 0 Å². The number of anilines is 6. The van der Waals surface area contributed by atoms with Crippen molar-refractivity contribution in [1.29, 1.82) is 0 Å². The summed E-state index contributed by atoms with van der Waals surface area (Å²) in [6.07, 6.45) is 0. The van der Waals surface area contributed by atoms with Crippen LogP contribution in [-0.4, -0.2) is 8.97 Å². The fourth-order valence-corrected chi connectivity index (χ4v) is 9.58. The lowest BCUT2D eigenvalue weighted by Crippen LogP contribution is -2.11. The Morgan fingerprint density at radius 1 is 0.344 bits per heavy atom. The number of rotatable bonds is 7. The lowest BCUT2D eigenvalue weighted by Gasteiger charge is -2.26. The molecule has 0 unspecified atom stereocenters. The fourth-order valence-electron chi connectivity index (χ4n) is 9.58. The summed E-state index contributed by atoms with van der Waals surface area (Å²) in [5.74, 6) is -0.568. The summed E-state index contributed by atoms with van der Waals surface area (Å²) < 4.78 is 34.4. The predicted octanol–water partition coefficient (Wildman–Crippen LogP) is 15.5. The molecular weight excluding hydrogens is 755 g/mol. The Bertz CT molecular complexity index is 3650. The Balaban J connectivity index is 1.11. The average molecular weight is 791 g/mol. The largest absolute Gasteiger partial charge is 0.310 e. The second-order valence-corrected chi connectivity index (χ2v) is 15.8. The summed E-state index contributed by atoms with van der Waals surface area (Å²) in [7, 11) is 0. The quantitative estimate of drug-likeness (QED) is 0.160. The number of aryl methyl sites for hydroxylation is 1. The minimum absolute atomic E-state index is 0.282. The molecule has 0 N–H and O–H groups in total. The van der Waals surface area contributed by atoms with Gasteiger partial charge in [0.2, 0.25) is 0 Å². The summed E-state index contributed by atoms with van der Waals surface area (Å²) in [6, 6.07) is 66.8. The van der Waals surface area contributed by atoms with Crippen molar-refractivity contribution >= 4 is 94.0 Å². The number of fused-ring (bicyclic) bond motifs is 9. The van der Waals surface area contributed by atoms with Crippen molar-refractivity contribution in [2.75, 3.05) is 9.80 Å². The summed E-state index contributed by atoms with van der Waals surface area (Å²) in [4.78, 5) is 4.23. The lowest BCUT2D eigenvalue weighted by atomic mass is 10.1. The number of hydrogen-bond acceptors (Lipinski definition) is 2. The molecule has 0 aliphatic carbocycles. The topological polar surface area (TPSA) is 15.8 Å². The van der Waals surface area contributed by atoms with Gasteiger partial charge in [0.15, 0.2) is 0 Å². The van der Waals surface area contributed by atoms with Crippen molar-refractivity contribution in [3.05, 3.63) is 217 Å². The number of aromatic nitrogens is 2. The van der Waals surface area contributed by atoms with Gasteiger partial charge in [0.05, 0.1) is 33.3 Å². The van der Waals surface area contributed by atoms with Crippen LogP contribution in [-0.2, 0) is 0 Å². The van der Waals surface area contributed by atoms with Crippen LogP contribution in [0.3, 0.4) is 0 Å². The van der Waals surface area contributed by atoms with Crippen molar-refractivity contribution < 1.29 is 8.78 Å². The summed E-state index contributed by atoms with van der Waals surface area (Å²) in [5, 5.41) is 6.99. The smallest absolute Gasteiger partial charge is 0.125 e. The van der Waals surface area contributed by atoms with Crippen LogP contribution >= 0.6 is 0 Å². The third-order valence-corrected chi connectivity index (χ3v) is 12.2. The molecule has 290 valence electrons. The SMILES string of the molecule is Cc1ccc(N(c2ccccc2)c2cccc(F)c2)cc1-n1c2ccccc2c2cc3c(cc21)c1cccc2c4ccc(N(c5ccccc5)c5cccc(F)c5)cc4n3c21. The number of nitrogens with zero attached hydrogens (tertiary/aromatic N) is 4. The summed E-state index contributed by atoms with van der Waals surface area (Å²) in [6.45, 7) is 2.15. The maximum Gasteiger partial charge on any atom is 0.125 e. The molecule has 0 aliphatic heterocycles. The summed E-state index contributed by atoms with van der Waals surface area (Å²) >= 11 is 0. The highest BCUT2D eigenvalue weighted by atomic mass is 19.1. The monoisotopic (exact) mass is 790 g/mol. The molecule has 9 aromatic carbocycles. The van der Waals surface area contributed by atoms with Crippen molar-refractivity contribution in [1.82, 2.24) is 8.97 Å². The third-order valence-electron chi connectivity index (χ3n) is 12.2.